The molecule has 2 aromatic rings. The molecule has 1 heterocycles. The summed E-state index contributed by atoms with van der Waals surface area (Å²) in [5.41, 5.74) is -0.577. The number of pyridine rings is 1. The van der Waals surface area contributed by atoms with Crippen LogP contribution in [0.4, 0.5) is 8.78 Å². The first-order valence-corrected chi connectivity index (χ1v) is 4.98. The van der Waals surface area contributed by atoms with Gasteiger partial charge in [-0.05, 0) is 24.3 Å². The van der Waals surface area contributed by atoms with Gasteiger partial charge in [-0.3, -0.25) is 4.79 Å². The van der Waals surface area contributed by atoms with Crippen molar-refractivity contribution in [2.75, 3.05) is 0 Å². The van der Waals surface area contributed by atoms with Gasteiger partial charge in [0, 0.05) is 5.56 Å². The summed E-state index contributed by atoms with van der Waals surface area (Å²) < 4.78 is 26.4. The predicted molar refractivity (Wildman–Crippen MR) is 58.7 cm³/mol. The summed E-state index contributed by atoms with van der Waals surface area (Å²) in [7, 11) is 0. The topological polar surface area (TPSA) is 53.8 Å². The van der Waals surface area contributed by atoms with E-state index in [1.165, 1.54) is 18.2 Å². The molecule has 0 atom stereocenters. The number of benzene rings is 1. The van der Waals surface area contributed by atoms with E-state index in [4.69, 9.17) is 5.26 Å². The standard InChI is InChI=1S/C13H6F2N2O/c14-9-3-1-2-8(6-9)13(18)12-11(15)5-4-10(7-16)17-12/h1-6H. The number of nitriles is 1. The molecule has 2 rings (SSSR count). The smallest absolute Gasteiger partial charge is 0.214 e. The Morgan fingerprint density at radius 2 is 2.00 bits per heavy atom. The summed E-state index contributed by atoms with van der Waals surface area (Å²) in [6.07, 6.45) is 0. The zero-order valence-electron chi connectivity index (χ0n) is 9.02. The molecular formula is C13H6F2N2O. The first-order valence-electron chi connectivity index (χ1n) is 4.98. The summed E-state index contributed by atoms with van der Waals surface area (Å²) in [6, 6.07) is 8.71. The van der Waals surface area contributed by atoms with Crippen molar-refractivity contribution in [2.45, 2.75) is 0 Å². The van der Waals surface area contributed by atoms with Gasteiger partial charge in [0.25, 0.3) is 0 Å². The highest BCUT2D eigenvalue weighted by Gasteiger charge is 2.17. The van der Waals surface area contributed by atoms with Gasteiger partial charge in [-0.1, -0.05) is 12.1 Å². The minimum atomic E-state index is -0.844. The number of aromatic nitrogens is 1. The molecule has 1 aromatic heterocycles. The van der Waals surface area contributed by atoms with E-state index in [1.807, 2.05) is 0 Å². The Hall–Kier alpha value is -2.61. The van der Waals surface area contributed by atoms with Crippen molar-refractivity contribution in [1.82, 2.24) is 4.98 Å². The summed E-state index contributed by atoms with van der Waals surface area (Å²) in [5.74, 6) is -2.20. The molecule has 0 fully saturated rings. The fourth-order valence-electron chi connectivity index (χ4n) is 1.43. The Bertz CT molecular complexity index is 662. The zero-order valence-corrected chi connectivity index (χ0v) is 9.02. The van der Waals surface area contributed by atoms with Crippen LogP contribution < -0.4 is 0 Å². The normalized spacial score (nSPS) is 9.83. The second-order valence-electron chi connectivity index (χ2n) is 3.48. The van der Waals surface area contributed by atoms with Crippen LogP contribution in [-0.2, 0) is 0 Å². The SMILES string of the molecule is N#Cc1ccc(F)c(C(=O)c2cccc(F)c2)n1. The Morgan fingerprint density at radius 3 is 2.67 bits per heavy atom. The molecule has 0 saturated heterocycles. The average molecular weight is 244 g/mol. The molecule has 18 heavy (non-hydrogen) atoms. The molecule has 3 nitrogen and oxygen atoms in total. The number of hydrogen-bond donors (Lipinski definition) is 0. The van der Waals surface area contributed by atoms with Crippen LogP contribution in [0.15, 0.2) is 36.4 Å². The van der Waals surface area contributed by atoms with Crippen molar-refractivity contribution in [3.05, 3.63) is 65.0 Å². The highest BCUT2D eigenvalue weighted by Crippen LogP contribution is 2.13. The van der Waals surface area contributed by atoms with Crippen LogP contribution in [0.3, 0.4) is 0 Å². The fraction of sp³-hybridized carbons (Fsp3) is 0. The molecule has 0 aliphatic heterocycles. The van der Waals surface area contributed by atoms with E-state index in [-0.39, 0.29) is 11.3 Å². The van der Waals surface area contributed by atoms with E-state index in [1.54, 1.807) is 6.07 Å². The van der Waals surface area contributed by atoms with Crippen LogP contribution in [0.5, 0.6) is 0 Å². The van der Waals surface area contributed by atoms with Crippen molar-refractivity contribution in [3.8, 4) is 6.07 Å². The fourth-order valence-corrected chi connectivity index (χ4v) is 1.43. The quantitative estimate of drug-likeness (QED) is 0.762. The van der Waals surface area contributed by atoms with Crippen molar-refractivity contribution in [1.29, 1.82) is 5.26 Å². The van der Waals surface area contributed by atoms with Gasteiger partial charge >= 0.3 is 0 Å². The van der Waals surface area contributed by atoms with Crippen LogP contribution in [0, 0.1) is 23.0 Å². The number of halogens is 2. The summed E-state index contributed by atoms with van der Waals surface area (Å²) in [4.78, 5) is 15.5. The Morgan fingerprint density at radius 1 is 1.22 bits per heavy atom. The van der Waals surface area contributed by atoms with Crippen molar-refractivity contribution < 1.29 is 13.6 Å². The third-order valence-corrected chi connectivity index (χ3v) is 2.26. The highest BCUT2D eigenvalue weighted by molar-refractivity contribution is 6.07. The van der Waals surface area contributed by atoms with Gasteiger partial charge < -0.3 is 0 Å². The van der Waals surface area contributed by atoms with Crippen molar-refractivity contribution >= 4 is 5.78 Å². The lowest BCUT2D eigenvalue weighted by Crippen LogP contribution is -2.08. The maximum atomic E-state index is 13.5. The van der Waals surface area contributed by atoms with E-state index in [9.17, 15) is 13.6 Å². The predicted octanol–water partition coefficient (Wildman–Crippen LogP) is 2.46. The maximum absolute atomic E-state index is 13.5. The van der Waals surface area contributed by atoms with Gasteiger partial charge in [0.2, 0.25) is 5.78 Å². The third-order valence-electron chi connectivity index (χ3n) is 2.26. The second-order valence-corrected chi connectivity index (χ2v) is 3.48. The summed E-state index contributed by atoms with van der Waals surface area (Å²) in [5, 5.41) is 8.64. The lowest BCUT2D eigenvalue weighted by atomic mass is 10.1. The largest absolute Gasteiger partial charge is 0.287 e. The molecule has 0 saturated carbocycles. The third kappa shape index (κ3) is 2.23. The van der Waals surface area contributed by atoms with Crippen LogP contribution in [0.25, 0.3) is 0 Å². The molecule has 0 aliphatic rings. The van der Waals surface area contributed by atoms with Crippen molar-refractivity contribution in [3.63, 3.8) is 0 Å². The monoisotopic (exact) mass is 244 g/mol. The zero-order chi connectivity index (χ0) is 13.1. The van der Waals surface area contributed by atoms with E-state index in [2.05, 4.69) is 4.98 Å². The number of carbonyl (C=O) groups excluding carboxylic acids is 1. The molecule has 0 radical (unpaired) electrons. The average Bonchev–Trinajstić information content (AvgIpc) is 2.38. The summed E-state index contributed by atoms with van der Waals surface area (Å²) >= 11 is 0. The van der Waals surface area contributed by atoms with E-state index in [0.29, 0.717) is 0 Å². The maximum Gasteiger partial charge on any atom is 0.214 e. The first-order chi connectivity index (χ1) is 8.61. The molecule has 0 spiro atoms. The molecule has 5 heteroatoms. The molecule has 0 N–H and O–H groups in total. The van der Waals surface area contributed by atoms with Gasteiger partial charge in [-0.15, -0.1) is 0 Å². The molecule has 0 aliphatic carbocycles. The molecular weight excluding hydrogens is 238 g/mol. The van der Waals surface area contributed by atoms with E-state index in [0.717, 1.165) is 18.2 Å². The molecule has 0 unspecified atom stereocenters. The van der Waals surface area contributed by atoms with Gasteiger partial charge in [-0.25, -0.2) is 13.8 Å². The van der Waals surface area contributed by atoms with E-state index < -0.39 is 23.1 Å². The van der Waals surface area contributed by atoms with Crippen LogP contribution in [0.1, 0.15) is 21.7 Å². The second kappa shape index (κ2) is 4.72. The van der Waals surface area contributed by atoms with Gasteiger partial charge in [-0.2, -0.15) is 5.26 Å². The first kappa shape index (κ1) is 11.9. The molecule has 0 bridgehead atoms. The number of carbonyl (C=O) groups is 1. The Kier molecular flexibility index (Phi) is 3.11. The Balaban J connectivity index is 2.49. The van der Waals surface area contributed by atoms with E-state index >= 15 is 0 Å². The van der Waals surface area contributed by atoms with Gasteiger partial charge in [0.05, 0.1) is 0 Å². The lowest BCUT2D eigenvalue weighted by molar-refractivity contribution is 0.102. The number of rotatable bonds is 2. The minimum absolute atomic E-state index is 0.0171. The van der Waals surface area contributed by atoms with Crippen molar-refractivity contribution in [2.24, 2.45) is 0 Å². The van der Waals surface area contributed by atoms with Crippen LogP contribution >= 0.6 is 0 Å². The highest BCUT2D eigenvalue weighted by atomic mass is 19.1. The van der Waals surface area contributed by atoms with Crippen LogP contribution in [-0.4, -0.2) is 10.8 Å². The number of nitrogens with zero attached hydrogens (tertiary/aromatic N) is 2. The molecule has 0 amide bonds. The molecule has 1 aromatic carbocycles. The summed E-state index contributed by atoms with van der Waals surface area (Å²) in [6.45, 7) is 0. The number of hydrogen-bond acceptors (Lipinski definition) is 3. The Labute approximate surface area is 101 Å². The van der Waals surface area contributed by atoms with Gasteiger partial charge in [0.1, 0.15) is 23.3 Å². The minimum Gasteiger partial charge on any atom is -0.287 e. The van der Waals surface area contributed by atoms with Crippen LogP contribution in [0.2, 0.25) is 0 Å². The van der Waals surface area contributed by atoms with Gasteiger partial charge in [0.15, 0.2) is 5.82 Å². The number of ketones is 1. The lowest BCUT2D eigenvalue weighted by Gasteiger charge is -2.02. The molecule has 88 valence electrons.